The van der Waals surface area contributed by atoms with Crippen molar-refractivity contribution in [2.75, 3.05) is 5.32 Å². The third kappa shape index (κ3) is 3.14. The number of fused-ring (bicyclic) bond motifs is 1. The van der Waals surface area contributed by atoms with Crippen molar-refractivity contribution < 1.29 is 19.4 Å². The topological polar surface area (TPSA) is 130 Å². The van der Waals surface area contributed by atoms with Crippen molar-refractivity contribution >= 4 is 28.9 Å². The smallest absolute Gasteiger partial charge is 0.339 e. The number of carbonyl (C=O) groups excluding carboxylic acids is 2. The van der Waals surface area contributed by atoms with E-state index in [2.05, 4.69) is 25.3 Å². The number of benzene rings is 1. The molecule has 2 aromatic heterocycles. The fourth-order valence-electron chi connectivity index (χ4n) is 1.99. The summed E-state index contributed by atoms with van der Waals surface area (Å²) in [6, 6.07) is 5.67. The number of nitrogens with one attached hydrogen (secondary N) is 2. The molecule has 0 spiro atoms. The number of phenolic OH excluding ortho intramolecular Hbond substituents is 1. The predicted molar refractivity (Wildman–Crippen MR) is 83.3 cm³/mol. The lowest BCUT2D eigenvalue weighted by Crippen LogP contribution is -2.30. The highest BCUT2D eigenvalue weighted by Crippen LogP contribution is 2.16. The lowest BCUT2D eigenvalue weighted by molar-refractivity contribution is -0.123. The fourth-order valence-corrected chi connectivity index (χ4v) is 1.99. The molecule has 0 aliphatic heterocycles. The highest BCUT2D eigenvalue weighted by atomic mass is 16.5. The molecule has 1 atom stereocenters. The second kappa shape index (κ2) is 6.32. The van der Waals surface area contributed by atoms with E-state index >= 15 is 0 Å². The minimum absolute atomic E-state index is 0.0656. The van der Waals surface area contributed by atoms with Crippen molar-refractivity contribution in [1.82, 2.24) is 19.9 Å². The highest BCUT2D eigenvalue weighted by Gasteiger charge is 2.20. The summed E-state index contributed by atoms with van der Waals surface area (Å²) in [5, 5.41) is 11.9. The number of esters is 1. The number of aromatic hydroxyl groups is 1. The minimum atomic E-state index is -1.06. The van der Waals surface area contributed by atoms with Gasteiger partial charge < -0.3 is 20.1 Å². The van der Waals surface area contributed by atoms with Gasteiger partial charge in [-0.25, -0.2) is 19.7 Å². The monoisotopic (exact) mass is 327 g/mol. The van der Waals surface area contributed by atoms with Crippen LogP contribution in [0, 0.1) is 0 Å². The zero-order chi connectivity index (χ0) is 17.1. The molecule has 9 nitrogen and oxygen atoms in total. The molecule has 3 aromatic rings. The average Bonchev–Trinajstić information content (AvgIpc) is 3.04. The lowest BCUT2D eigenvalue weighted by atomic mass is 10.2. The number of aromatic amines is 1. The first-order valence-electron chi connectivity index (χ1n) is 6.99. The third-order valence-corrected chi connectivity index (χ3v) is 3.20. The van der Waals surface area contributed by atoms with Gasteiger partial charge in [-0.2, -0.15) is 0 Å². The number of hydrogen-bond donors (Lipinski definition) is 3. The van der Waals surface area contributed by atoms with Crippen LogP contribution in [0.5, 0.6) is 5.75 Å². The number of phenols is 1. The molecule has 0 aliphatic rings. The van der Waals surface area contributed by atoms with Crippen LogP contribution in [0.1, 0.15) is 17.3 Å². The first kappa shape index (κ1) is 15.4. The van der Waals surface area contributed by atoms with Crippen molar-refractivity contribution in [3.05, 3.63) is 42.5 Å². The standard InChI is InChI=1S/C15H13N5O4/c1-8(24-15(23)9-3-2-4-10(21)5-9)14(22)20-13-11-12(17-6-16-11)18-7-19-13/h2-8,21H,1H3,(H2,16,17,18,19,20,22)/t8-/m1/s1. The van der Waals surface area contributed by atoms with Gasteiger partial charge in [-0.1, -0.05) is 6.07 Å². The van der Waals surface area contributed by atoms with Crippen molar-refractivity contribution in [2.24, 2.45) is 0 Å². The number of imidazole rings is 1. The number of carbonyl (C=O) groups is 2. The number of H-pyrrole nitrogens is 1. The van der Waals surface area contributed by atoms with Crippen molar-refractivity contribution in [1.29, 1.82) is 0 Å². The lowest BCUT2D eigenvalue weighted by Gasteiger charge is -2.13. The normalized spacial score (nSPS) is 11.9. The second-order valence-electron chi connectivity index (χ2n) is 4.91. The quantitative estimate of drug-likeness (QED) is 0.615. The molecular weight excluding hydrogens is 314 g/mol. The molecule has 0 unspecified atom stereocenters. The Bertz CT molecular complexity index is 908. The van der Waals surface area contributed by atoms with Crippen LogP contribution < -0.4 is 5.32 Å². The van der Waals surface area contributed by atoms with Crippen molar-refractivity contribution in [2.45, 2.75) is 13.0 Å². The molecule has 122 valence electrons. The van der Waals surface area contributed by atoms with E-state index in [-0.39, 0.29) is 17.1 Å². The number of anilines is 1. The molecule has 0 bridgehead atoms. The van der Waals surface area contributed by atoms with Gasteiger partial charge >= 0.3 is 5.97 Å². The Morgan fingerprint density at radius 3 is 2.92 bits per heavy atom. The maximum Gasteiger partial charge on any atom is 0.339 e. The first-order chi connectivity index (χ1) is 11.5. The SMILES string of the molecule is C[C@@H](OC(=O)c1cccc(O)c1)C(=O)Nc1ncnc2nc[nH]c12. The first-order valence-corrected chi connectivity index (χ1v) is 6.99. The van der Waals surface area contributed by atoms with Crippen LogP contribution in [0.2, 0.25) is 0 Å². The molecule has 3 N–H and O–H groups in total. The van der Waals surface area contributed by atoms with E-state index in [0.717, 1.165) is 0 Å². The Hall–Kier alpha value is -3.49. The zero-order valence-corrected chi connectivity index (χ0v) is 12.6. The molecule has 1 amide bonds. The van der Waals surface area contributed by atoms with Crippen molar-refractivity contribution in [3.63, 3.8) is 0 Å². The maximum absolute atomic E-state index is 12.2. The fraction of sp³-hybridized carbons (Fsp3) is 0.133. The molecular formula is C15H13N5O4. The summed E-state index contributed by atoms with van der Waals surface area (Å²) >= 11 is 0. The molecule has 1 aromatic carbocycles. The van der Waals surface area contributed by atoms with Gasteiger partial charge in [0.25, 0.3) is 5.91 Å². The maximum atomic E-state index is 12.2. The van der Waals surface area contributed by atoms with E-state index in [4.69, 9.17) is 4.74 Å². The Labute approximate surface area is 135 Å². The molecule has 0 saturated heterocycles. The van der Waals surface area contributed by atoms with E-state index in [1.165, 1.54) is 43.8 Å². The summed E-state index contributed by atoms with van der Waals surface area (Å²) in [7, 11) is 0. The van der Waals surface area contributed by atoms with Crippen LogP contribution in [0.3, 0.4) is 0 Å². The van der Waals surface area contributed by atoms with Gasteiger partial charge in [-0.05, 0) is 25.1 Å². The zero-order valence-electron chi connectivity index (χ0n) is 12.6. The number of amides is 1. The molecule has 3 rings (SSSR count). The number of ether oxygens (including phenoxy) is 1. The van der Waals surface area contributed by atoms with Gasteiger partial charge in [-0.15, -0.1) is 0 Å². The van der Waals surface area contributed by atoms with Gasteiger partial charge in [-0.3, -0.25) is 4.79 Å². The van der Waals surface area contributed by atoms with Gasteiger partial charge in [0, 0.05) is 0 Å². The summed E-state index contributed by atoms with van der Waals surface area (Å²) in [5.41, 5.74) is 1.02. The van der Waals surface area contributed by atoms with Crippen LogP contribution in [0.25, 0.3) is 11.2 Å². The van der Waals surface area contributed by atoms with Crippen LogP contribution >= 0.6 is 0 Å². The van der Waals surface area contributed by atoms with Crippen LogP contribution in [0.4, 0.5) is 5.82 Å². The molecule has 0 aliphatic carbocycles. The number of rotatable bonds is 4. The summed E-state index contributed by atoms with van der Waals surface area (Å²) in [6.45, 7) is 1.43. The third-order valence-electron chi connectivity index (χ3n) is 3.20. The van der Waals surface area contributed by atoms with E-state index in [9.17, 15) is 14.7 Å². The van der Waals surface area contributed by atoms with Gasteiger partial charge in [0.2, 0.25) is 0 Å². The molecule has 24 heavy (non-hydrogen) atoms. The second-order valence-corrected chi connectivity index (χ2v) is 4.91. The van der Waals surface area contributed by atoms with E-state index in [1.54, 1.807) is 0 Å². The summed E-state index contributed by atoms with van der Waals surface area (Å²) in [4.78, 5) is 38.8. The highest BCUT2D eigenvalue weighted by molar-refractivity contribution is 6.00. The summed E-state index contributed by atoms with van der Waals surface area (Å²) in [6.07, 6.45) is 1.63. The van der Waals surface area contributed by atoms with E-state index < -0.39 is 18.0 Å². The van der Waals surface area contributed by atoms with Crippen molar-refractivity contribution in [3.8, 4) is 5.75 Å². The molecule has 0 radical (unpaired) electrons. The van der Waals surface area contributed by atoms with Gasteiger partial charge in [0.05, 0.1) is 11.9 Å². The number of aromatic nitrogens is 4. The predicted octanol–water partition coefficient (Wildman–Crippen LogP) is 1.24. The van der Waals surface area contributed by atoms with Gasteiger partial charge in [0.15, 0.2) is 17.6 Å². The largest absolute Gasteiger partial charge is 0.508 e. The van der Waals surface area contributed by atoms with Crippen LogP contribution in [-0.2, 0) is 9.53 Å². The van der Waals surface area contributed by atoms with E-state index in [1.807, 2.05) is 0 Å². The average molecular weight is 327 g/mol. The Morgan fingerprint density at radius 2 is 2.12 bits per heavy atom. The summed E-state index contributed by atoms with van der Waals surface area (Å²) < 4.78 is 5.09. The van der Waals surface area contributed by atoms with Crippen LogP contribution in [-0.4, -0.2) is 43.0 Å². The molecule has 0 saturated carbocycles. The Balaban J connectivity index is 1.69. The molecule has 9 heteroatoms. The van der Waals surface area contributed by atoms with E-state index in [0.29, 0.717) is 11.2 Å². The van der Waals surface area contributed by atoms with Gasteiger partial charge in [0.1, 0.15) is 17.6 Å². The number of hydrogen-bond acceptors (Lipinski definition) is 7. The Kier molecular flexibility index (Phi) is 4.06. The number of nitrogens with zero attached hydrogens (tertiary/aromatic N) is 3. The molecule has 0 fully saturated rings. The molecule has 2 heterocycles. The Morgan fingerprint density at radius 1 is 1.29 bits per heavy atom. The minimum Gasteiger partial charge on any atom is -0.508 e. The van der Waals surface area contributed by atoms with Crippen LogP contribution in [0.15, 0.2) is 36.9 Å². The summed E-state index contributed by atoms with van der Waals surface area (Å²) in [5.74, 6) is -1.10.